The summed E-state index contributed by atoms with van der Waals surface area (Å²) in [4.78, 5) is 0. The van der Waals surface area contributed by atoms with Crippen LogP contribution in [-0.2, 0) is 9.47 Å². The Balaban J connectivity index is 1.97. The van der Waals surface area contributed by atoms with Crippen LogP contribution >= 0.6 is 0 Å². The highest BCUT2D eigenvalue weighted by molar-refractivity contribution is 5.04. The van der Waals surface area contributed by atoms with E-state index >= 15 is 0 Å². The fourth-order valence-corrected chi connectivity index (χ4v) is 2.55. The zero-order valence-electron chi connectivity index (χ0n) is 11.2. The quantitative estimate of drug-likeness (QED) is 0.876. The smallest absolute Gasteiger partial charge is 0.134 e. The van der Waals surface area contributed by atoms with Crippen molar-refractivity contribution in [3.63, 3.8) is 0 Å². The molecule has 4 unspecified atom stereocenters. The Morgan fingerprint density at radius 2 is 2.17 bits per heavy atom. The van der Waals surface area contributed by atoms with Crippen LogP contribution in [0.5, 0.6) is 0 Å². The molecule has 0 bridgehead atoms. The maximum Gasteiger partial charge on any atom is 0.134 e. The molecule has 2 rings (SSSR count). The molecular weight excluding hydrogens is 230 g/mol. The minimum absolute atomic E-state index is 0.0842. The molecule has 0 amide bonds. The molecular formula is C14H23NO3. The Morgan fingerprint density at radius 3 is 2.78 bits per heavy atom. The van der Waals surface area contributed by atoms with E-state index in [9.17, 15) is 0 Å². The van der Waals surface area contributed by atoms with Crippen LogP contribution in [0.15, 0.2) is 22.8 Å². The second-order valence-corrected chi connectivity index (χ2v) is 5.08. The van der Waals surface area contributed by atoms with Gasteiger partial charge in [0.15, 0.2) is 0 Å². The van der Waals surface area contributed by atoms with E-state index in [2.05, 4.69) is 0 Å². The summed E-state index contributed by atoms with van der Waals surface area (Å²) in [7, 11) is 1.77. The Hall–Kier alpha value is -0.840. The Labute approximate surface area is 108 Å². The number of nitrogens with two attached hydrogens (primary N) is 1. The van der Waals surface area contributed by atoms with Crippen LogP contribution in [-0.4, -0.2) is 25.4 Å². The van der Waals surface area contributed by atoms with Gasteiger partial charge in [0.1, 0.15) is 11.9 Å². The molecule has 0 aliphatic heterocycles. The Morgan fingerprint density at radius 1 is 1.39 bits per heavy atom. The molecule has 1 heterocycles. The summed E-state index contributed by atoms with van der Waals surface area (Å²) in [6, 6.07) is 3.71. The maximum absolute atomic E-state index is 6.13. The molecule has 102 valence electrons. The van der Waals surface area contributed by atoms with E-state index in [4.69, 9.17) is 19.6 Å². The highest BCUT2D eigenvalue weighted by Crippen LogP contribution is 2.29. The Kier molecular flexibility index (Phi) is 4.80. The third-order valence-electron chi connectivity index (χ3n) is 3.55. The van der Waals surface area contributed by atoms with E-state index in [1.54, 1.807) is 13.4 Å². The van der Waals surface area contributed by atoms with Crippen LogP contribution in [0.1, 0.15) is 44.5 Å². The predicted octanol–water partition coefficient (Wildman–Crippen LogP) is 2.64. The second kappa shape index (κ2) is 6.36. The molecule has 0 aromatic carbocycles. The van der Waals surface area contributed by atoms with Gasteiger partial charge in [-0.05, 0) is 44.7 Å². The van der Waals surface area contributed by atoms with E-state index < -0.39 is 0 Å². The third-order valence-corrected chi connectivity index (χ3v) is 3.55. The van der Waals surface area contributed by atoms with Crippen molar-refractivity contribution in [3.8, 4) is 0 Å². The molecule has 1 aromatic rings. The predicted molar refractivity (Wildman–Crippen MR) is 69.2 cm³/mol. The van der Waals surface area contributed by atoms with Gasteiger partial charge in [0.2, 0.25) is 0 Å². The van der Waals surface area contributed by atoms with Crippen LogP contribution in [0.4, 0.5) is 0 Å². The minimum atomic E-state index is -0.166. The summed E-state index contributed by atoms with van der Waals surface area (Å²) in [6.07, 6.45) is 6.31. The van der Waals surface area contributed by atoms with E-state index in [1.807, 2.05) is 19.1 Å². The lowest BCUT2D eigenvalue weighted by molar-refractivity contribution is -0.0789. The maximum atomic E-state index is 6.13. The molecule has 0 saturated heterocycles. The first-order chi connectivity index (χ1) is 8.70. The van der Waals surface area contributed by atoms with Gasteiger partial charge < -0.3 is 19.6 Å². The summed E-state index contributed by atoms with van der Waals surface area (Å²) in [6.45, 7) is 1.95. The van der Waals surface area contributed by atoms with Gasteiger partial charge in [0.05, 0.1) is 18.5 Å². The highest BCUT2D eigenvalue weighted by atomic mass is 16.5. The summed E-state index contributed by atoms with van der Waals surface area (Å²) in [5.74, 6) is 0.810. The van der Waals surface area contributed by atoms with Crippen LogP contribution in [0.3, 0.4) is 0 Å². The van der Waals surface area contributed by atoms with Crippen molar-refractivity contribution in [3.05, 3.63) is 24.2 Å². The average molecular weight is 253 g/mol. The van der Waals surface area contributed by atoms with Crippen molar-refractivity contribution in [1.29, 1.82) is 0 Å². The molecule has 18 heavy (non-hydrogen) atoms. The topological polar surface area (TPSA) is 57.6 Å². The molecule has 1 fully saturated rings. The van der Waals surface area contributed by atoms with Crippen molar-refractivity contribution in [1.82, 2.24) is 0 Å². The van der Waals surface area contributed by atoms with Gasteiger partial charge in [-0.25, -0.2) is 0 Å². The summed E-state index contributed by atoms with van der Waals surface area (Å²) < 4.78 is 17.0. The Bertz CT molecular complexity index is 337. The lowest BCUT2D eigenvalue weighted by Crippen LogP contribution is -2.34. The second-order valence-electron chi connectivity index (χ2n) is 5.08. The summed E-state index contributed by atoms with van der Waals surface area (Å²) in [5, 5.41) is 0. The molecule has 1 saturated carbocycles. The van der Waals surface area contributed by atoms with E-state index in [0.717, 1.165) is 31.4 Å². The van der Waals surface area contributed by atoms with Crippen LogP contribution in [0.25, 0.3) is 0 Å². The number of ether oxygens (including phenoxy) is 2. The van der Waals surface area contributed by atoms with Crippen LogP contribution in [0, 0.1) is 0 Å². The van der Waals surface area contributed by atoms with Gasteiger partial charge in [0.25, 0.3) is 0 Å². The molecule has 1 aromatic heterocycles. The number of hydrogen-bond acceptors (Lipinski definition) is 4. The van der Waals surface area contributed by atoms with Crippen molar-refractivity contribution in [2.45, 2.75) is 57.0 Å². The first-order valence-corrected chi connectivity index (χ1v) is 6.68. The van der Waals surface area contributed by atoms with Gasteiger partial charge >= 0.3 is 0 Å². The third kappa shape index (κ3) is 3.34. The van der Waals surface area contributed by atoms with Gasteiger partial charge in [-0.3, -0.25) is 0 Å². The molecule has 4 atom stereocenters. The fourth-order valence-electron chi connectivity index (χ4n) is 2.55. The van der Waals surface area contributed by atoms with Gasteiger partial charge in [-0.2, -0.15) is 0 Å². The van der Waals surface area contributed by atoms with Gasteiger partial charge in [0, 0.05) is 13.2 Å². The largest absolute Gasteiger partial charge is 0.467 e. The van der Waals surface area contributed by atoms with E-state index in [0.29, 0.717) is 6.10 Å². The van der Waals surface area contributed by atoms with Crippen molar-refractivity contribution >= 4 is 0 Å². The number of methoxy groups -OCH3 is 1. The summed E-state index contributed by atoms with van der Waals surface area (Å²) >= 11 is 0. The molecule has 4 heteroatoms. The lowest BCUT2D eigenvalue weighted by Gasteiger charge is -2.32. The van der Waals surface area contributed by atoms with Crippen LogP contribution in [0.2, 0.25) is 0 Å². The fraction of sp³-hybridized carbons (Fsp3) is 0.714. The average Bonchev–Trinajstić information content (AvgIpc) is 2.89. The number of furan rings is 1. The van der Waals surface area contributed by atoms with Crippen molar-refractivity contribution in [2.75, 3.05) is 7.11 Å². The zero-order valence-corrected chi connectivity index (χ0v) is 11.2. The molecule has 1 aliphatic carbocycles. The first-order valence-electron chi connectivity index (χ1n) is 6.68. The van der Waals surface area contributed by atoms with Gasteiger partial charge in [-0.15, -0.1) is 0 Å². The summed E-state index contributed by atoms with van der Waals surface area (Å²) in [5.41, 5.74) is 6.00. The van der Waals surface area contributed by atoms with Crippen LogP contribution < -0.4 is 5.73 Å². The molecule has 1 aliphatic rings. The van der Waals surface area contributed by atoms with E-state index in [1.165, 1.54) is 0 Å². The molecule has 0 spiro atoms. The highest BCUT2D eigenvalue weighted by Gasteiger charge is 2.28. The van der Waals surface area contributed by atoms with E-state index in [-0.39, 0.29) is 18.2 Å². The standard InChI is InChI=1S/C14H23NO3/c1-10(15)14(13-7-4-8-17-13)18-12-6-3-5-11(9-12)16-2/h4,7-8,10-12,14H,3,5-6,9,15H2,1-2H3. The van der Waals surface area contributed by atoms with Crippen molar-refractivity contribution in [2.24, 2.45) is 5.73 Å². The van der Waals surface area contributed by atoms with Gasteiger partial charge in [-0.1, -0.05) is 0 Å². The molecule has 2 N–H and O–H groups in total. The minimum Gasteiger partial charge on any atom is -0.467 e. The SMILES string of the molecule is COC1CCCC(OC(c2ccco2)C(C)N)C1. The first kappa shape index (κ1) is 13.6. The lowest BCUT2D eigenvalue weighted by atomic mass is 9.94. The molecule has 0 radical (unpaired) electrons. The number of hydrogen-bond donors (Lipinski definition) is 1. The molecule has 4 nitrogen and oxygen atoms in total. The van der Waals surface area contributed by atoms with Crippen molar-refractivity contribution < 1.29 is 13.9 Å². The normalized spacial score (nSPS) is 27.9. The monoisotopic (exact) mass is 253 g/mol. The number of rotatable bonds is 5. The zero-order chi connectivity index (χ0) is 13.0.